The molecule has 1 aromatic carbocycles. The topological polar surface area (TPSA) is 155 Å². The highest BCUT2D eigenvalue weighted by Gasteiger charge is 2.11. The third-order valence-electron chi connectivity index (χ3n) is 3.85. The largest absolute Gasteiger partial charge is 0.497 e. The number of nitrogens with two attached hydrogens (primary N) is 2. The highest BCUT2D eigenvalue weighted by molar-refractivity contribution is 5.91. The van der Waals surface area contributed by atoms with Crippen LogP contribution in [0, 0.1) is 0 Å². The molecule has 0 unspecified atom stereocenters. The van der Waals surface area contributed by atoms with E-state index in [0.29, 0.717) is 54.6 Å². The van der Waals surface area contributed by atoms with Crippen molar-refractivity contribution in [1.82, 2.24) is 15.4 Å². The molecule has 0 bridgehead atoms. The second-order valence-corrected chi connectivity index (χ2v) is 5.86. The van der Waals surface area contributed by atoms with Crippen molar-refractivity contribution in [1.29, 1.82) is 0 Å². The van der Waals surface area contributed by atoms with Crippen LogP contribution in [-0.4, -0.2) is 41.4 Å². The molecule has 0 saturated heterocycles. The van der Waals surface area contributed by atoms with Gasteiger partial charge < -0.3 is 25.7 Å². The first-order valence-corrected chi connectivity index (χ1v) is 8.96. The molecule has 156 valence electrons. The lowest BCUT2D eigenvalue weighted by atomic mass is 10.1. The van der Waals surface area contributed by atoms with Gasteiger partial charge >= 0.3 is 0 Å². The van der Waals surface area contributed by atoms with Gasteiger partial charge in [-0.2, -0.15) is 4.98 Å². The zero-order chi connectivity index (χ0) is 21.2. The molecule has 1 heterocycles. The number of aromatic nitrogens is 2. The summed E-state index contributed by atoms with van der Waals surface area (Å²) in [6.07, 6.45) is 3.89. The van der Waals surface area contributed by atoms with Crippen LogP contribution in [0.5, 0.6) is 17.2 Å². The Morgan fingerprint density at radius 1 is 1.24 bits per heavy atom. The van der Waals surface area contributed by atoms with E-state index >= 15 is 0 Å². The molecule has 2 rings (SSSR count). The van der Waals surface area contributed by atoms with Gasteiger partial charge in [0.05, 0.1) is 26.0 Å². The lowest BCUT2D eigenvalue weighted by Crippen LogP contribution is -2.14. The van der Waals surface area contributed by atoms with Crippen LogP contribution in [0.2, 0.25) is 0 Å². The second kappa shape index (κ2) is 10.7. The smallest absolute Gasteiger partial charge is 0.267 e. The van der Waals surface area contributed by atoms with Crippen molar-refractivity contribution in [3.05, 3.63) is 35.5 Å². The maximum atomic E-state index is 11.2. The van der Waals surface area contributed by atoms with Gasteiger partial charge in [-0.25, -0.2) is 10.5 Å². The molecule has 0 saturated carbocycles. The maximum absolute atomic E-state index is 11.2. The molecule has 1 aromatic heterocycles. The van der Waals surface area contributed by atoms with Gasteiger partial charge in [0.25, 0.3) is 5.91 Å². The van der Waals surface area contributed by atoms with E-state index in [4.69, 9.17) is 30.9 Å². The third-order valence-corrected chi connectivity index (χ3v) is 3.85. The minimum absolute atomic E-state index is 0.114. The van der Waals surface area contributed by atoms with E-state index in [1.54, 1.807) is 25.3 Å². The number of carbonyl (C=O) groups is 1. The van der Waals surface area contributed by atoms with Gasteiger partial charge in [-0.3, -0.25) is 10.0 Å². The molecular formula is C19H25N5O5. The van der Waals surface area contributed by atoms with E-state index in [0.717, 1.165) is 0 Å². The minimum Gasteiger partial charge on any atom is -0.497 e. The molecule has 0 aliphatic carbocycles. The number of benzene rings is 1. The number of nitrogen functional groups attached to an aromatic ring is 2. The minimum atomic E-state index is -0.643. The summed E-state index contributed by atoms with van der Waals surface area (Å²) >= 11 is 0. The molecular weight excluding hydrogens is 378 g/mol. The number of rotatable bonds is 10. The Morgan fingerprint density at radius 3 is 2.69 bits per heavy atom. The summed E-state index contributed by atoms with van der Waals surface area (Å²) in [5.74, 6) is 1.24. The number of nitrogens with one attached hydrogen (secondary N) is 1. The van der Waals surface area contributed by atoms with E-state index in [-0.39, 0.29) is 11.8 Å². The summed E-state index contributed by atoms with van der Waals surface area (Å²) in [7, 11) is 1.55. The van der Waals surface area contributed by atoms with Crippen molar-refractivity contribution in [3.8, 4) is 17.2 Å². The summed E-state index contributed by atoms with van der Waals surface area (Å²) in [6, 6.07) is 5.19. The van der Waals surface area contributed by atoms with Crippen LogP contribution >= 0.6 is 0 Å². The highest BCUT2D eigenvalue weighted by Crippen LogP contribution is 2.27. The zero-order valence-electron chi connectivity index (χ0n) is 16.3. The van der Waals surface area contributed by atoms with Crippen molar-refractivity contribution in [3.63, 3.8) is 0 Å². The first kappa shape index (κ1) is 21.8. The number of amides is 1. The molecule has 2 aromatic rings. The lowest BCUT2D eigenvalue weighted by Gasteiger charge is -2.13. The predicted molar refractivity (Wildman–Crippen MR) is 108 cm³/mol. The number of hydroxylamine groups is 1. The van der Waals surface area contributed by atoms with Crippen LogP contribution in [0.25, 0.3) is 6.08 Å². The molecule has 0 atom stereocenters. The summed E-state index contributed by atoms with van der Waals surface area (Å²) < 4.78 is 16.7. The van der Waals surface area contributed by atoms with Gasteiger partial charge in [0, 0.05) is 24.1 Å². The molecule has 0 radical (unpaired) electrons. The Balaban J connectivity index is 1.96. The van der Waals surface area contributed by atoms with Crippen LogP contribution in [0.1, 0.15) is 24.6 Å². The molecule has 0 spiro atoms. The van der Waals surface area contributed by atoms with Gasteiger partial charge in [-0.15, -0.1) is 0 Å². The summed E-state index contributed by atoms with van der Waals surface area (Å²) in [4.78, 5) is 19.2. The van der Waals surface area contributed by atoms with Crippen LogP contribution in [-0.2, 0) is 11.2 Å². The van der Waals surface area contributed by atoms with Gasteiger partial charge in [-0.05, 0) is 24.6 Å². The fourth-order valence-corrected chi connectivity index (χ4v) is 2.46. The fraction of sp³-hybridized carbons (Fsp3) is 0.316. The first-order chi connectivity index (χ1) is 14.0. The molecule has 0 fully saturated rings. The Labute approximate surface area is 168 Å². The number of hydrogen-bond donors (Lipinski definition) is 4. The van der Waals surface area contributed by atoms with Gasteiger partial charge in [0.1, 0.15) is 11.5 Å². The van der Waals surface area contributed by atoms with Crippen molar-refractivity contribution in [2.24, 2.45) is 0 Å². The van der Waals surface area contributed by atoms with E-state index in [9.17, 15) is 4.79 Å². The SMILES string of the molecule is CCc1nc(N)nc(N)c1OCCCOc1cc(OC)ccc1/C=C/C(=O)NO. The van der Waals surface area contributed by atoms with Crippen molar-refractivity contribution < 1.29 is 24.2 Å². The van der Waals surface area contributed by atoms with Gasteiger partial charge in [-0.1, -0.05) is 6.92 Å². The van der Waals surface area contributed by atoms with Crippen LogP contribution < -0.4 is 31.2 Å². The van der Waals surface area contributed by atoms with Crippen molar-refractivity contribution in [2.45, 2.75) is 19.8 Å². The van der Waals surface area contributed by atoms with E-state index in [2.05, 4.69) is 9.97 Å². The number of anilines is 2. The lowest BCUT2D eigenvalue weighted by molar-refractivity contribution is -0.124. The Morgan fingerprint density at radius 2 is 2.00 bits per heavy atom. The molecule has 10 heteroatoms. The number of aryl methyl sites for hydroxylation is 1. The summed E-state index contributed by atoms with van der Waals surface area (Å²) in [5.41, 5.74) is 14.3. The van der Waals surface area contributed by atoms with Crippen molar-refractivity contribution in [2.75, 3.05) is 31.8 Å². The van der Waals surface area contributed by atoms with Crippen molar-refractivity contribution >= 4 is 23.7 Å². The van der Waals surface area contributed by atoms with E-state index < -0.39 is 5.91 Å². The van der Waals surface area contributed by atoms with E-state index in [1.807, 2.05) is 6.92 Å². The quantitative estimate of drug-likeness (QED) is 0.200. The van der Waals surface area contributed by atoms with Gasteiger partial charge in [0.15, 0.2) is 11.6 Å². The monoisotopic (exact) mass is 403 g/mol. The number of methoxy groups -OCH3 is 1. The van der Waals surface area contributed by atoms with Crippen LogP contribution in [0.15, 0.2) is 24.3 Å². The molecule has 29 heavy (non-hydrogen) atoms. The molecule has 6 N–H and O–H groups in total. The van der Waals surface area contributed by atoms with E-state index in [1.165, 1.54) is 17.6 Å². The normalized spacial score (nSPS) is 10.7. The summed E-state index contributed by atoms with van der Waals surface area (Å²) in [6.45, 7) is 2.61. The molecule has 1 amide bonds. The Bertz CT molecular complexity index is 872. The second-order valence-electron chi connectivity index (χ2n) is 5.86. The number of carbonyl (C=O) groups excluding carboxylic acids is 1. The van der Waals surface area contributed by atoms with Crippen LogP contribution in [0.4, 0.5) is 11.8 Å². The average molecular weight is 403 g/mol. The van der Waals surface area contributed by atoms with Crippen LogP contribution in [0.3, 0.4) is 0 Å². The molecule has 0 aliphatic rings. The molecule has 0 aliphatic heterocycles. The highest BCUT2D eigenvalue weighted by atomic mass is 16.5. The molecule has 10 nitrogen and oxygen atoms in total. The number of hydrogen-bond acceptors (Lipinski definition) is 9. The standard InChI is InChI=1S/C19H25N5O5/c1-3-14-17(18(20)23-19(21)22-14)29-10-4-9-28-15-11-13(27-2)7-5-12(15)6-8-16(25)24-26/h5-8,11,26H,3-4,9-10H2,1-2H3,(H,24,25)(H4,20,21,22,23)/b8-6+. The fourth-order valence-electron chi connectivity index (χ4n) is 2.46. The zero-order valence-corrected chi connectivity index (χ0v) is 16.3. The number of ether oxygens (including phenoxy) is 3. The first-order valence-electron chi connectivity index (χ1n) is 8.96. The predicted octanol–water partition coefficient (Wildman–Crippen LogP) is 1.58. The maximum Gasteiger partial charge on any atom is 0.267 e. The Kier molecular flexibility index (Phi) is 8.04. The average Bonchev–Trinajstić information content (AvgIpc) is 2.72. The summed E-state index contributed by atoms with van der Waals surface area (Å²) in [5, 5.41) is 8.59. The number of nitrogens with zero attached hydrogens (tertiary/aromatic N) is 2. The Hall–Kier alpha value is -3.53. The van der Waals surface area contributed by atoms with Gasteiger partial charge in [0.2, 0.25) is 5.95 Å². The third kappa shape index (κ3) is 6.25.